The van der Waals surface area contributed by atoms with Gasteiger partial charge in [-0.25, -0.2) is 9.78 Å². The number of aryl methyl sites for hydroxylation is 1. The van der Waals surface area contributed by atoms with Crippen molar-refractivity contribution in [3.05, 3.63) is 53.2 Å². The van der Waals surface area contributed by atoms with E-state index in [-0.39, 0.29) is 18.1 Å². The lowest BCUT2D eigenvalue weighted by Gasteiger charge is -2.09. The molecule has 5 nitrogen and oxygen atoms in total. The molecule has 0 saturated carbocycles. The molecule has 2 N–H and O–H groups in total. The average Bonchev–Trinajstić information content (AvgIpc) is 2.38. The Hall–Kier alpha value is -2.40. The number of carbonyl (C=O) groups is 1. The van der Waals surface area contributed by atoms with Gasteiger partial charge in [0.2, 0.25) is 5.88 Å². The van der Waals surface area contributed by atoms with E-state index >= 15 is 0 Å². The lowest BCUT2D eigenvalue weighted by Crippen LogP contribution is -2.03. The Bertz CT molecular complexity index is 610. The summed E-state index contributed by atoms with van der Waals surface area (Å²) in [5.74, 6) is -0.615. The summed E-state index contributed by atoms with van der Waals surface area (Å²) in [5, 5.41) is 18.1. The monoisotopic (exact) mass is 259 g/mol. The lowest BCUT2D eigenvalue weighted by atomic mass is 10.2. The largest absolute Gasteiger partial charge is 0.477 e. The quantitative estimate of drug-likeness (QED) is 0.881. The molecule has 19 heavy (non-hydrogen) atoms. The second-order valence-corrected chi connectivity index (χ2v) is 4.02. The van der Waals surface area contributed by atoms with E-state index in [2.05, 4.69) is 4.98 Å². The van der Waals surface area contributed by atoms with Crippen LogP contribution in [-0.2, 0) is 6.61 Å². The maximum absolute atomic E-state index is 11.1. The van der Waals surface area contributed by atoms with Gasteiger partial charge in [0, 0.05) is 5.69 Å². The summed E-state index contributed by atoms with van der Waals surface area (Å²) < 4.78 is 5.49. The van der Waals surface area contributed by atoms with Crippen molar-refractivity contribution in [2.24, 2.45) is 0 Å². The SMILES string of the molecule is Cc1ccc(C(=O)O)c(Oc2cccc(CO)c2)n1. The number of aliphatic hydroxyl groups is 1. The molecule has 5 heteroatoms. The zero-order chi connectivity index (χ0) is 13.8. The van der Waals surface area contributed by atoms with Gasteiger partial charge in [0.25, 0.3) is 0 Å². The molecule has 2 aromatic rings. The molecule has 0 aliphatic heterocycles. The minimum Gasteiger partial charge on any atom is -0.477 e. The van der Waals surface area contributed by atoms with Crippen LogP contribution < -0.4 is 4.74 Å². The molecule has 0 radical (unpaired) electrons. The Balaban J connectivity index is 2.36. The first kappa shape index (κ1) is 13.0. The third kappa shape index (κ3) is 3.08. The van der Waals surface area contributed by atoms with E-state index in [0.717, 1.165) is 0 Å². The van der Waals surface area contributed by atoms with Gasteiger partial charge in [-0.05, 0) is 36.8 Å². The zero-order valence-electron chi connectivity index (χ0n) is 10.3. The molecule has 0 amide bonds. The molecule has 2 rings (SSSR count). The molecule has 0 unspecified atom stereocenters. The van der Waals surface area contributed by atoms with Crippen LogP contribution in [0.25, 0.3) is 0 Å². The molecule has 0 saturated heterocycles. The number of nitrogens with zero attached hydrogens (tertiary/aromatic N) is 1. The zero-order valence-corrected chi connectivity index (χ0v) is 10.3. The fourth-order valence-corrected chi connectivity index (χ4v) is 1.59. The van der Waals surface area contributed by atoms with Gasteiger partial charge in [0.05, 0.1) is 6.61 Å². The summed E-state index contributed by atoms with van der Waals surface area (Å²) in [6.07, 6.45) is 0. The molecule has 0 aliphatic rings. The fraction of sp³-hybridized carbons (Fsp3) is 0.143. The summed E-state index contributed by atoms with van der Waals surface area (Å²) in [6, 6.07) is 9.84. The normalized spacial score (nSPS) is 10.2. The number of carboxylic acids is 1. The number of aromatic carboxylic acids is 1. The summed E-state index contributed by atoms with van der Waals surface area (Å²) >= 11 is 0. The molecule has 1 heterocycles. The molecule has 0 fully saturated rings. The highest BCUT2D eigenvalue weighted by Crippen LogP contribution is 2.24. The predicted molar refractivity (Wildman–Crippen MR) is 68.4 cm³/mol. The first-order valence-electron chi connectivity index (χ1n) is 5.69. The van der Waals surface area contributed by atoms with Crippen LogP contribution in [0.2, 0.25) is 0 Å². The topological polar surface area (TPSA) is 79.7 Å². The van der Waals surface area contributed by atoms with Crippen LogP contribution in [0, 0.1) is 6.92 Å². The molecule has 0 aliphatic carbocycles. The van der Waals surface area contributed by atoms with Crippen LogP contribution >= 0.6 is 0 Å². The Morgan fingerprint density at radius 3 is 2.79 bits per heavy atom. The van der Waals surface area contributed by atoms with Crippen molar-refractivity contribution >= 4 is 5.97 Å². The lowest BCUT2D eigenvalue weighted by molar-refractivity contribution is 0.0693. The van der Waals surface area contributed by atoms with E-state index in [1.165, 1.54) is 6.07 Å². The molecular weight excluding hydrogens is 246 g/mol. The Morgan fingerprint density at radius 1 is 1.32 bits per heavy atom. The second-order valence-electron chi connectivity index (χ2n) is 4.02. The van der Waals surface area contributed by atoms with Crippen LogP contribution in [0.1, 0.15) is 21.6 Å². The van der Waals surface area contributed by atoms with Crippen LogP contribution in [0.5, 0.6) is 11.6 Å². The Kier molecular flexibility index (Phi) is 3.77. The van der Waals surface area contributed by atoms with E-state index in [1.54, 1.807) is 37.3 Å². The smallest absolute Gasteiger partial charge is 0.341 e. The van der Waals surface area contributed by atoms with Crippen molar-refractivity contribution < 1.29 is 19.7 Å². The van der Waals surface area contributed by atoms with Crippen molar-refractivity contribution in [3.63, 3.8) is 0 Å². The predicted octanol–water partition coefficient (Wildman–Crippen LogP) is 2.37. The number of benzene rings is 1. The highest BCUT2D eigenvalue weighted by Gasteiger charge is 2.13. The van der Waals surface area contributed by atoms with E-state index in [0.29, 0.717) is 17.0 Å². The number of aliphatic hydroxyl groups excluding tert-OH is 1. The maximum Gasteiger partial charge on any atom is 0.341 e. The first-order valence-corrected chi connectivity index (χ1v) is 5.69. The molecule has 0 bridgehead atoms. The van der Waals surface area contributed by atoms with Crippen molar-refractivity contribution in [2.75, 3.05) is 0 Å². The van der Waals surface area contributed by atoms with E-state index in [9.17, 15) is 4.79 Å². The highest BCUT2D eigenvalue weighted by atomic mass is 16.5. The average molecular weight is 259 g/mol. The summed E-state index contributed by atoms with van der Waals surface area (Å²) in [7, 11) is 0. The second kappa shape index (κ2) is 5.49. The van der Waals surface area contributed by atoms with E-state index in [4.69, 9.17) is 14.9 Å². The van der Waals surface area contributed by atoms with Crippen LogP contribution in [-0.4, -0.2) is 21.2 Å². The molecule has 98 valence electrons. The van der Waals surface area contributed by atoms with Crippen molar-refractivity contribution in [1.82, 2.24) is 4.98 Å². The molecule has 1 aromatic heterocycles. The van der Waals surface area contributed by atoms with E-state index in [1.807, 2.05) is 0 Å². The third-order valence-electron chi connectivity index (χ3n) is 2.53. The molecule has 0 spiro atoms. The molecular formula is C14H13NO4. The van der Waals surface area contributed by atoms with Gasteiger partial charge >= 0.3 is 5.97 Å². The highest BCUT2D eigenvalue weighted by molar-refractivity contribution is 5.90. The van der Waals surface area contributed by atoms with Gasteiger partial charge in [-0.3, -0.25) is 0 Å². The number of ether oxygens (including phenoxy) is 1. The summed E-state index contributed by atoms with van der Waals surface area (Å²) in [5.41, 5.74) is 1.35. The Morgan fingerprint density at radius 2 is 2.11 bits per heavy atom. The number of pyridine rings is 1. The third-order valence-corrected chi connectivity index (χ3v) is 2.53. The fourth-order valence-electron chi connectivity index (χ4n) is 1.59. The van der Waals surface area contributed by atoms with Gasteiger partial charge in [0.1, 0.15) is 11.3 Å². The van der Waals surface area contributed by atoms with Gasteiger partial charge in [0.15, 0.2) is 0 Å². The maximum atomic E-state index is 11.1. The van der Waals surface area contributed by atoms with E-state index < -0.39 is 5.97 Å². The van der Waals surface area contributed by atoms with Crippen molar-refractivity contribution in [2.45, 2.75) is 13.5 Å². The first-order chi connectivity index (χ1) is 9.10. The molecule has 1 aromatic carbocycles. The van der Waals surface area contributed by atoms with Crippen molar-refractivity contribution in [3.8, 4) is 11.6 Å². The number of aromatic nitrogens is 1. The van der Waals surface area contributed by atoms with Crippen LogP contribution in [0.4, 0.5) is 0 Å². The van der Waals surface area contributed by atoms with Gasteiger partial charge < -0.3 is 14.9 Å². The standard InChI is InChI=1S/C14H13NO4/c1-9-5-6-12(14(17)18)13(15-9)19-11-4-2-3-10(7-11)8-16/h2-7,16H,8H2,1H3,(H,17,18). The van der Waals surface area contributed by atoms with Crippen LogP contribution in [0.3, 0.4) is 0 Å². The number of hydrogen-bond donors (Lipinski definition) is 2. The van der Waals surface area contributed by atoms with Crippen LogP contribution in [0.15, 0.2) is 36.4 Å². The minimum atomic E-state index is -1.10. The van der Waals surface area contributed by atoms with Gasteiger partial charge in [-0.15, -0.1) is 0 Å². The van der Waals surface area contributed by atoms with Gasteiger partial charge in [-0.2, -0.15) is 0 Å². The Labute approximate surface area is 110 Å². The number of hydrogen-bond acceptors (Lipinski definition) is 4. The summed E-state index contributed by atoms with van der Waals surface area (Å²) in [6.45, 7) is 1.65. The van der Waals surface area contributed by atoms with Gasteiger partial charge in [-0.1, -0.05) is 12.1 Å². The van der Waals surface area contributed by atoms with Crippen molar-refractivity contribution in [1.29, 1.82) is 0 Å². The molecule has 0 atom stereocenters. The minimum absolute atomic E-state index is 0.00000142. The summed E-state index contributed by atoms with van der Waals surface area (Å²) in [4.78, 5) is 15.2. The number of carboxylic acid groups (broad SMARTS) is 1. The number of rotatable bonds is 4.